The third-order valence-corrected chi connectivity index (χ3v) is 1.89. The van der Waals surface area contributed by atoms with Gasteiger partial charge in [-0.15, -0.1) is 0 Å². The van der Waals surface area contributed by atoms with Gasteiger partial charge >= 0.3 is 0 Å². The van der Waals surface area contributed by atoms with Crippen LogP contribution in [-0.2, 0) is 19.0 Å². The average molecular weight is 236 g/mol. The minimum Gasteiger partial charge on any atom is -0.468 e. The van der Waals surface area contributed by atoms with Crippen molar-refractivity contribution >= 4 is 6.47 Å². The van der Waals surface area contributed by atoms with E-state index in [1.54, 1.807) is 6.92 Å². The van der Waals surface area contributed by atoms with Crippen LogP contribution < -0.4 is 0 Å². The molecule has 5 heteroatoms. The van der Waals surface area contributed by atoms with Gasteiger partial charge in [0.15, 0.2) is 5.79 Å². The van der Waals surface area contributed by atoms with Gasteiger partial charge in [-0.3, -0.25) is 4.79 Å². The molecule has 0 aromatic rings. The van der Waals surface area contributed by atoms with E-state index in [9.17, 15) is 9.18 Å². The normalized spacial score (nSPS) is 24.2. The van der Waals surface area contributed by atoms with Gasteiger partial charge in [0.1, 0.15) is 0 Å². The molecule has 0 bridgehead atoms. The van der Waals surface area contributed by atoms with Gasteiger partial charge in [0.05, 0.1) is 25.5 Å². The highest BCUT2D eigenvalue weighted by Crippen LogP contribution is 2.25. The molecule has 2 unspecified atom stereocenters. The van der Waals surface area contributed by atoms with Crippen LogP contribution in [-0.4, -0.2) is 37.7 Å². The molecule has 0 aliphatic carbocycles. The van der Waals surface area contributed by atoms with Crippen molar-refractivity contribution in [1.82, 2.24) is 0 Å². The molecule has 1 fully saturated rings. The number of carbonyl (C=O) groups is 1. The van der Waals surface area contributed by atoms with Gasteiger partial charge in [-0.25, -0.2) is 4.39 Å². The highest BCUT2D eigenvalue weighted by Gasteiger charge is 2.33. The van der Waals surface area contributed by atoms with E-state index in [-0.39, 0.29) is 6.10 Å². The van der Waals surface area contributed by atoms with Crippen LogP contribution in [0.15, 0.2) is 0 Å². The molecular formula is C11H21FO4. The molecule has 1 aliphatic rings. The van der Waals surface area contributed by atoms with Gasteiger partial charge in [-0.2, -0.15) is 0 Å². The largest absolute Gasteiger partial charge is 0.468 e. The molecule has 0 aromatic heterocycles. The Morgan fingerprint density at radius 1 is 1.62 bits per heavy atom. The number of halogens is 1. The highest BCUT2D eigenvalue weighted by molar-refractivity contribution is 5.36. The Balaban J connectivity index is 0.000000385. The fraction of sp³-hybridized carbons (Fsp3) is 0.909. The number of alkyl halides is 1. The van der Waals surface area contributed by atoms with Crippen LogP contribution in [0.3, 0.4) is 0 Å². The van der Waals surface area contributed by atoms with Crippen molar-refractivity contribution in [3.63, 3.8) is 0 Å². The van der Waals surface area contributed by atoms with E-state index in [2.05, 4.69) is 4.74 Å². The monoisotopic (exact) mass is 236 g/mol. The number of ether oxygens (including phenoxy) is 3. The van der Waals surface area contributed by atoms with Gasteiger partial charge in [-0.1, -0.05) is 0 Å². The molecule has 1 heterocycles. The van der Waals surface area contributed by atoms with Crippen molar-refractivity contribution in [1.29, 1.82) is 0 Å². The Morgan fingerprint density at radius 3 is 2.50 bits per heavy atom. The van der Waals surface area contributed by atoms with Gasteiger partial charge in [0.25, 0.3) is 6.47 Å². The molecule has 4 nitrogen and oxygen atoms in total. The quantitative estimate of drug-likeness (QED) is 0.701. The Kier molecular flexibility index (Phi) is 7.25. The van der Waals surface area contributed by atoms with Crippen LogP contribution in [0.2, 0.25) is 0 Å². The van der Waals surface area contributed by atoms with Crippen molar-refractivity contribution in [3.8, 4) is 0 Å². The van der Waals surface area contributed by atoms with E-state index in [0.29, 0.717) is 26.1 Å². The van der Waals surface area contributed by atoms with Crippen LogP contribution in [0.25, 0.3) is 0 Å². The molecule has 0 saturated carbocycles. The number of carbonyl (C=O) groups excluding carboxylic acids is 1. The standard InChI is InChI=1S/C8H15FO2.C3H6O2/c1-6(9)4-7-5-10-8(2,3)11-7;1-2-5-3-4/h6-7H,4-5H2,1-3H3;3H,2H2,1H3. The minimum atomic E-state index is -0.808. The topological polar surface area (TPSA) is 44.8 Å². The van der Waals surface area contributed by atoms with E-state index >= 15 is 0 Å². The Hall–Kier alpha value is -0.680. The van der Waals surface area contributed by atoms with Crippen LogP contribution in [0.5, 0.6) is 0 Å². The fourth-order valence-corrected chi connectivity index (χ4v) is 1.31. The Labute approximate surface area is 96.1 Å². The van der Waals surface area contributed by atoms with Gasteiger partial charge < -0.3 is 14.2 Å². The second-order valence-electron chi connectivity index (χ2n) is 4.02. The second-order valence-corrected chi connectivity index (χ2v) is 4.02. The van der Waals surface area contributed by atoms with E-state index in [0.717, 1.165) is 0 Å². The van der Waals surface area contributed by atoms with Crippen molar-refractivity contribution in [2.24, 2.45) is 0 Å². The maximum atomic E-state index is 12.5. The molecule has 0 N–H and O–H groups in total. The Bertz CT molecular complexity index is 194. The summed E-state index contributed by atoms with van der Waals surface area (Å²) in [6.07, 6.45) is -0.439. The first-order valence-electron chi connectivity index (χ1n) is 5.42. The number of hydrogen-bond acceptors (Lipinski definition) is 4. The predicted molar refractivity (Wildman–Crippen MR) is 57.8 cm³/mol. The van der Waals surface area contributed by atoms with Crippen LogP contribution >= 0.6 is 0 Å². The lowest BCUT2D eigenvalue weighted by molar-refractivity contribution is -0.140. The van der Waals surface area contributed by atoms with Gasteiger partial charge in [0, 0.05) is 6.42 Å². The molecule has 2 atom stereocenters. The lowest BCUT2D eigenvalue weighted by Gasteiger charge is -2.17. The lowest BCUT2D eigenvalue weighted by atomic mass is 10.2. The number of hydrogen-bond donors (Lipinski definition) is 0. The van der Waals surface area contributed by atoms with Crippen molar-refractivity contribution in [3.05, 3.63) is 0 Å². The zero-order chi connectivity index (χ0) is 12.6. The molecular weight excluding hydrogens is 215 g/mol. The summed E-state index contributed by atoms with van der Waals surface area (Å²) in [5, 5.41) is 0. The molecule has 0 radical (unpaired) electrons. The van der Waals surface area contributed by atoms with Gasteiger partial charge in [0.2, 0.25) is 0 Å². The summed E-state index contributed by atoms with van der Waals surface area (Å²) in [6, 6.07) is 0. The van der Waals surface area contributed by atoms with Crippen molar-refractivity contribution < 1.29 is 23.4 Å². The maximum absolute atomic E-state index is 12.5. The summed E-state index contributed by atoms with van der Waals surface area (Å²) in [5.74, 6) is -0.514. The lowest BCUT2D eigenvalue weighted by Crippen LogP contribution is -2.22. The zero-order valence-corrected chi connectivity index (χ0v) is 10.4. The van der Waals surface area contributed by atoms with E-state index in [4.69, 9.17) is 9.47 Å². The third kappa shape index (κ3) is 7.59. The van der Waals surface area contributed by atoms with Crippen LogP contribution in [0.4, 0.5) is 4.39 Å². The maximum Gasteiger partial charge on any atom is 0.293 e. The molecule has 16 heavy (non-hydrogen) atoms. The smallest absolute Gasteiger partial charge is 0.293 e. The fourth-order valence-electron chi connectivity index (χ4n) is 1.31. The molecule has 0 aromatic carbocycles. The molecule has 96 valence electrons. The summed E-state index contributed by atoms with van der Waals surface area (Å²) in [5.41, 5.74) is 0. The summed E-state index contributed by atoms with van der Waals surface area (Å²) >= 11 is 0. The number of rotatable bonds is 4. The van der Waals surface area contributed by atoms with Gasteiger partial charge in [-0.05, 0) is 27.7 Å². The molecule has 0 spiro atoms. The predicted octanol–water partition coefficient (Wildman–Crippen LogP) is 2.07. The van der Waals surface area contributed by atoms with Crippen LogP contribution in [0.1, 0.15) is 34.1 Å². The third-order valence-electron chi connectivity index (χ3n) is 1.89. The second kappa shape index (κ2) is 7.57. The summed E-state index contributed by atoms with van der Waals surface area (Å²) < 4.78 is 27.3. The average Bonchev–Trinajstić information content (AvgIpc) is 2.46. The first-order valence-corrected chi connectivity index (χ1v) is 5.42. The van der Waals surface area contributed by atoms with Crippen molar-refractivity contribution in [2.45, 2.75) is 52.2 Å². The highest BCUT2D eigenvalue weighted by atomic mass is 19.1. The van der Waals surface area contributed by atoms with E-state index in [1.807, 2.05) is 13.8 Å². The first-order chi connectivity index (χ1) is 7.41. The zero-order valence-electron chi connectivity index (χ0n) is 10.4. The summed E-state index contributed by atoms with van der Waals surface area (Å²) in [6.45, 7) is 8.40. The Morgan fingerprint density at radius 2 is 2.25 bits per heavy atom. The summed E-state index contributed by atoms with van der Waals surface area (Å²) in [4.78, 5) is 9.18. The summed E-state index contributed by atoms with van der Waals surface area (Å²) in [7, 11) is 0. The molecule has 1 rings (SSSR count). The van der Waals surface area contributed by atoms with Crippen LogP contribution in [0, 0.1) is 0 Å². The first kappa shape index (κ1) is 15.3. The SMILES string of the molecule is CC(F)CC1COC(C)(C)O1.CCOC=O. The van der Waals surface area contributed by atoms with Crippen molar-refractivity contribution in [2.75, 3.05) is 13.2 Å². The minimum absolute atomic E-state index is 0.0648. The van der Waals surface area contributed by atoms with E-state index < -0.39 is 12.0 Å². The molecule has 1 saturated heterocycles. The van der Waals surface area contributed by atoms with E-state index in [1.165, 1.54) is 6.92 Å². The molecule has 1 aliphatic heterocycles. The molecule has 0 amide bonds.